The zero-order valence-electron chi connectivity index (χ0n) is 13.1. The van der Waals surface area contributed by atoms with E-state index in [9.17, 15) is 9.90 Å². The second-order valence-corrected chi connectivity index (χ2v) is 7.77. The Hall–Kier alpha value is -1.000. The summed E-state index contributed by atoms with van der Waals surface area (Å²) in [7, 11) is 0. The molecule has 2 N–H and O–H groups in total. The van der Waals surface area contributed by atoms with Gasteiger partial charge in [0.15, 0.2) is 5.60 Å². The van der Waals surface area contributed by atoms with Crippen molar-refractivity contribution in [3.05, 3.63) is 35.9 Å². The van der Waals surface area contributed by atoms with E-state index >= 15 is 0 Å². The van der Waals surface area contributed by atoms with Crippen molar-refractivity contribution < 1.29 is 9.90 Å². The average molecular weight is 307 g/mol. The van der Waals surface area contributed by atoms with Gasteiger partial charge in [0.1, 0.15) is 0 Å². The zero-order chi connectivity index (χ0) is 15.5. The van der Waals surface area contributed by atoms with Crippen LogP contribution in [0.25, 0.3) is 0 Å². The fourth-order valence-corrected chi connectivity index (χ4v) is 4.15. The van der Waals surface area contributed by atoms with E-state index in [1.54, 1.807) is 11.8 Å². The first-order valence-electron chi connectivity index (χ1n) is 7.50. The Balaban J connectivity index is 1.95. The van der Waals surface area contributed by atoms with Crippen molar-refractivity contribution in [2.45, 2.75) is 50.7 Å². The van der Waals surface area contributed by atoms with Crippen molar-refractivity contribution in [1.82, 2.24) is 5.32 Å². The lowest BCUT2D eigenvalue weighted by atomic mass is 9.79. The number of hydrogen-bond donors (Lipinski definition) is 2. The molecular formula is C17H25NO2S. The largest absolute Gasteiger partial charge is 0.379 e. The van der Waals surface area contributed by atoms with Crippen LogP contribution in [0.2, 0.25) is 0 Å². The Labute approximate surface area is 131 Å². The van der Waals surface area contributed by atoms with Crippen LogP contribution in [0, 0.1) is 0 Å². The Bertz CT molecular complexity index is 481. The maximum Gasteiger partial charge on any atom is 0.253 e. The molecule has 1 fully saturated rings. The molecule has 21 heavy (non-hydrogen) atoms. The zero-order valence-corrected chi connectivity index (χ0v) is 13.9. The van der Waals surface area contributed by atoms with Crippen LogP contribution in [0.3, 0.4) is 0 Å². The van der Waals surface area contributed by atoms with Gasteiger partial charge in [0.25, 0.3) is 5.91 Å². The van der Waals surface area contributed by atoms with E-state index in [1.807, 2.05) is 25.1 Å². The van der Waals surface area contributed by atoms with Crippen molar-refractivity contribution in [3.8, 4) is 0 Å². The van der Waals surface area contributed by atoms with Crippen LogP contribution in [0.5, 0.6) is 0 Å². The standard InChI is InChI=1S/C17H25NO2S/c1-13(18-15(19)17(20)9-10-21-12-17)11-16(2,3)14-7-5-4-6-8-14/h4-8,13,20H,9-12H2,1-3H3,(H,18,19). The van der Waals surface area contributed by atoms with Gasteiger partial charge in [-0.2, -0.15) is 11.8 Å². The number of amides is 1. The number of hydrogen-bond acceptors (Lipinski definition) is 3. The van der Waals surface area contributed by atoms with Crippen LogP contribution < -0.4 is 5.32 Å². The number of thioether (sulfide) groups is 1. The summed E-state index contributed by atoms with van der Waals surface area (Å²) in [4.78, 5) is 12.2. The molecule has 1 aliphatic rings. The van der Waals surface area contributed by atoms with E-state index < -0.39 is 5.60 Å². The van der Waals surface area contributed by atoms with E-state index in [0.717, 1.165) is 12.2 Å². The van der Waals surface area contributed by atoms with Crippen molar-refractivity contribution in [2.75, 3.05) is 11.5 Å². The molecular weight excluding hydrogens is 282 g/mol. The summed E-state index contributed by atoms with van der Waals surface area (Å²) >= 11 is 1.64. The van der Waals surface area contributed by atoms with Crippen molar-refractivity contribution in [3.63, 3.8) is 0 Å². The minimum absolute atomic E-state index is 0.0129. The first-order chi connectivity index (χ1) is 9.83. The SMILES string of the molecule is CC(CC(C)(C)c1ccccc1)NC(=O)C1(O)CCSC1. The lowest BCUT2D eigenvalue weighted by Crippen LogP contribution is -2.50. The number of carbonyl (C=O) groups is 1. The topological polar surface area (TPSA) is 49.3 Å². The van der Waals surface area contributed by atoms with E-state index in [0.29, 0.717) is 12.2 Å². The Morgan fingerprint density at radius 3 is 2.67 bits per heavy atom. The number of rotatable bonds is 5. The van der Waals surface area contributed by atoms with E-state index in [2.05, 4.69) is 31.3 Å². The van der Waals surface area contributed by atoms with Gasteiger partial charge in [0.05, 0.1) is 0 Å². The summed E-state index contributed by atoms with van der Waals surface area (Å²) in [6.07, 6.45) is 1.39. The molecule has 1 heterocycles. The smallest absolute Gasteiger partial charge is 0.253 e. The second kappa shape index (κ2) is 6.41. The third-order valence-electron chi connectivity index (χ3n) is 4.17. The van der Waals surface area contributed by atoms with Crippen LogP contribution in [0.4, 0.5) is 0 Å². The number of benzene rings is 1. The Morgan fingerprint density at radius 1 is 1.43 bits per heavy atom. The molecule has 1 saturated heterocycles. The van der Waals surface area contributed by atoms with Crippen molar-refractivity contribution >= 4 is 17.7 Å². The van der Waals surface area contributed by atoms with Gasteiger partial charge >= 0.3 is 0 Å². The van der Waals surface area contributed by atoms with E-state index in [1.165, 1.54) is 5.56 Å². The average Bonchev–Trinajstić information content (AvgIpc) is 2.87. The maximum absolute atomic E-state index is 12.2. The van der Waals surface area contributed by atoms with Gasteiger partial charge in [-0.05, 0) is 36.5 Å². The Kier molecular flexibility index (Phi) is 4.99. The molecule has 1 aromatic carbocycles. The van der Waals surface area contributed by atoms with Crippen molar-refractivity contribution in [2.24, 2.45) is 0 Å². The lowest BCUT2D eigenvalue weighted by molar-refractivity contribution is -0.138. The van der Waals surface area contributed by atoms with E-state index in [-0.39, 0.29) is 17.4 Å². The molecule has 2 atom stereocenters. The van der Waals surface area contributed by atoms with Crippen LogP contribution in [0.1, 0.15) is 39.2 Å². The number of nitrogens with one attached hydrogen (secondary N) is 1. The molecule has 1 aliphatic heterocycles. The maximum atomic E-state index is 12.2. The molecule has 4 heteroatoms. The van der Waals surface area contributed by atoms with Gasteiger partial charge in [-0.15, -0.1) is 0 Å². The summed E-state index contributed by atoms with van der Waals surface area (Å²) in [5, 5.41) is 13.3. The third kappa shape index (κ3) is 4.01. The predicted molar refractivity (Wildman–Crippen MR) is 88.6 cm³/mol. The summed E-state index contributed by atoms with van der Waals surface area (Å²) in [5.74, 6) is 1.14. The first-order valence-corrected chi connectivity index (χ1v) is 8.66. The summed E-state index contributed by atoms with van der Waals surface area (Å²) < 4.78 is 0. The molecule has 0 spiro atoms. The minimum Gasteiger partial charge on any atom is -0.379 e. The highest BCUT2D eigenvalue weighted by molar-refractivity contribution is 7.99. The third-order valence-corrected chi connectivity index (χ3v) is 5.35. The molecule has 0 saturated carbocycles. The van der Waals surface area contributed by atoms with Gasteiger partial charge in [0.2, 0.25) is 0 Å². The fraction of sp³-hybridized carbons (Fsp3) is 0.588. The molecule has 1 amide bonds. The molecule has 3 nitrogen and oxygen atoms in total. The van der Waals surface area contributed by atoms with Crippen LogP contribution in [-0.4, -0.2) is 34.2 Å². The molecule has 0 radical (unpaired) electrons. The number of carbonyl (C=O) groups excluding carboxylic acids is 1. The van der Waals surface area contributed by atoms with Crippen LogP contribution in [-0.2, 0) is 10.2 Å². The summed E-state index contributed by atoms with van der Waals surface area (Å²) in [5.41, 5.74) is 0.0813. The van der Waals surface area contributed by atoms with Gasteiger partial charge in [-0.1, -0.05) is 44.2 Å². The molecule has 0 bridgehead atoms. The normalized spacial score (nSPS) is 23.8. The van der Waals surface area contributed by atoms with Gasteiger partial charge in [-0.3, -0.25) is 4.79 Å². The highest BCUT2D eigenvalue weighted by Gasteiger charge is 2.40. The fourth-order valence-electron chi connectivity index (χ4n) is 2.92. The van der Waals surface area contributed by atoms with Crippen LogP contribution in [0.15, 0.2) is 30.3 Å². The van der Waals surface area contributed by atoms with Gasteiger partial charge in [0, 0.05) is 11.8 Å². The van der Waals surface area contributed by atoms with Gasteiger partial charge < -0.3 is 10.4 Å². The predicted octanol–water partition coefficient (Wildman–Crippen LogP) is 2.73. The first kappa shape index (κ1) is 16.4. The summed E-state index contributed by atoms with van der Waals surface area (Å²) in [6, 6.07) is 10.4. The molecule has 0 aromatic heterocycles. The minimum atomic E-state index is -1.17. The summed E-state index contributed by atoms with van der Waals surface area (Å²) in [6.45, 7) is 6.38. The second-order valence-electron chi connectivity index (χ2n) is 6.66. The van der Waals surface area contributed by atoms with Gasteiger partial charge in [-0.25, -0.2) is 0 Å². The Morgan fingerprint density at radius 2 is 2.10 bits per heavy atom. The quantitative estimate of drug-likeness (QED) is 0.879. The highest BCUT2D eigenvalue weighted by Crippen LogP contribution is 2.30. The van der Waals surface area contributed by atoms with E-state index in [4.69, 9.17) is 0 Å². The lowest BCUT2D eigenvalue weighted by Gasteiger charge is -2.31. The molecule has 116 valence electrons. The highest BCUT2D eigenvalue weighted by atomic mass is 32.2. The van der Waals surface area contributed by atoms with Crippen LogP contribution >= 0.6 is 11.8 Å². The number of aliphatic hydroxyl groups is 1. The van der Waals surface area contributed by atoms with Crippen molar-refractivity contribution in [1.29, 1.82) is 0 Å². The molecule has 1 aromatic rings. The molecule has 0 aliphatic carbocycles. The monoisotopic (exact) mass is 307 g/mol. The molecule has 2 rings (SSSR count). The molecule has 2 unspecified atom stereocenters.